The highest BCUT2D eigenvalue weighted by Crippen LogP contribution is 2.32. The summed E-state index contributed by atoms with van der Waals surface area (Å²) in [5.74, 6) is 1.57. The zero-order valence-electron chi connectivity index (χ0n) is 14.7. The zero-order chi connectivity index (χ0) is 18.8. The third-order valence-corrected chi connectivity index (χ3v) is 5.37. The van der Waals surface area contributed by atoms with Gasteiger partial charge >= 0.3 is 0 Å². The van der Waals surface area contributed by atoms with Crippen LogP contribution >= 0.6 is 23.4 Å². The number of carbonyl (C=O) groups excluding carboxylic acids is 1. The third kappa shape index (κ3) is 4.12. The Morgan fingerprint density at radius 1 is 1.15 bits per heavy atom. The summed E-state index contributed by atoms with van der Waals surface area (Å²) in [5.41, 5.74) is 2.80. The van der Waals surface area contributed by atoms with E-state index >= 15 is 0 Å². The molecule has 1 aliphatic heterocycles. The van der Waals surface area contributed by atoms with Gasteiger partial charge in [-0.1, -0.05) is 11.6 Å². The van der Waals surface area contributed by atoms with Gasteiger partial charge in [-0.25, -0.2) is 0 Å². The van der Waals surface area contributed by atoms with E-state index < -0.39 is 0 Å². The topological polar surface area (TPSA) is 61.7 Å². The van der Waals surface area contributed by atoms with E-state index in [0.29, 0.717) is 41.2 Å². The molecule has 0 saturated heterocycles. The van der Waals surface area contributed by atoms with Crippen LogP contribution < -0.4 is 19.8 Å². The summed E-state index contributed by atoms with van der Waals surface area (Å²) < 4.78 is 11.0. The monoisotopic (exact) mass is 401 g/mol. The van der Waals surface area contributed by atoms with E-state index in [-0.39, 0.29) is 5.91 Å². The molecule has 2 heterocycles. The second-order valence-electron chi connectivity index (χ2n) is 6.20. The fourth-order valence-electron chi connectivity index (χ4n) is 2.93. The standard InChI is InChI=1S/C20H17ClN2O3S/c1-12-8-20(23-16-4-2-13(21)9-15(12)16)27-11-19(24)22-14-3-5-17-18(10-14)26-7-6-25-17/h2-5,8-10H,6-7,11H2,1H3,(H,22,24)/p+1. The molecule has 0 aliphatic carbocycles. The lowest BCUT2D eigenvalue weighted by atomic mass is 10.1. The van der Waals surface area contributed by atoms with Crippen LogP contribution in [0.25, 0.3) is 10.9 Å². The Labute approximate surface area is 166 Å². The largest absolute Gasteiger partial charge is 0.486 e. The first-order chi connectivity index (χ1) is 13.1. The number of aromatic nitrogens is 1. The maximum absolute atomic E-state index is 12.3. The van der Waals surface area contributed by atoms with Crippen molar-refractivity contribution in [3.8, 4) is 11.5 Å². The Morgan fingerprint density at radius 3 is 2.81 bits per heavy atom. The minimum absolute atomic E-state index is 0.0843. The first kappa shape index (κ1) is 17.9. The molecule has 0 spiro atoms. The van der Waals surface area contributed by atoms with Gasteiger partial charge in [0.05, 0.1) is 11.1 Å². The van der Waals surface area contributed by atoms with Gasteiger partial charge in [0.15, 0.2) is 11.5 Å². The van der Waals surface area contributed by atoms with Crippen molar-refractivity contribution in [1.29, 1.82) is 0 Å². The minimum Gasteiger partial charge on any atom is -0.486 e. The fourth-order valence-corrected chi connectivity index (χ4v) is 3.91. The summed E-state index contributed by atoms with van der Waals surface area (Å²) in [7, 11) is 0. The van der Waals surface area contributed by atoms with Crippen LogP contribution in [0.3, 0.4) is 0 Å². The molecule has 0 bridgehead atoms. The van der Waals surface area contributed by atoms with E-state index in [9.17, 15) is 4.79 Å². The van der Waals surface area contributed by atoms with E-state index in [1.807, 2.05) is 43.3 Å². The fraction of sp³-hybridized carbons (Fsp3) is 0.200. The van der Waals surface area contributed by atoms with Crippen molar-refractivity contribution in [1.82, 2.24) is 0 Å². The van der Waals surface area contributed by atoms with Gasteiger partial charge in [0, 0.05) is 28.9 Å². The molecule has 3 aromatic rings. The van der Waals surface area contributed by atoms with Crippen LogP contribution in [0.2, 0.25) is 5.02 Å². The highest BCUT2D eigenvalue weighted by molar-refractivity contribution is 7.99. The van der Waals surface area contributed by atoms with Gasteiger partial charge in [-0.15, -0.1) is 0 Å². The Hall–Kier alpha value is -2.44. The molecule has 2 N–H and O–H groups in total. The summed E-state index contributed by atoms with van der Waals surface area (Å²) >= 11 is 7.52. The van der Waals surface area contributed by atoms with Crippen molar-refractivity contribution in [3.63, 3.8) is 0 Å². The average Bonchev–Trinajstić information content (AvgIpc) is 2.67. The Morgan fingerprint density at radius 2 is 1.96 bits per heavy atom. The number of benzene rings is 2. The van der Waals surface area contributed by atoms with Crippen LogP contribution in [-0.2, 0) is 4.79 Å². The molecule has 1 aliphatic rings. The van der Waals surface area contributed by atoms with Gasteiger partial charge in [0.1, 0.15) is 13.2 Å². The minimum atomic E-state index is -0.0843. The second-order valence-corrected chi connectivity index (χ2v) is 7.66. The summed E-state index contributed by atoms with van der Waals surface area (Å²) in [6.45, 7) is 3.09. The second kappa shape index (κ2) is 7.66. The van der Waals surface area contributed by atoms with Crippen molar-refractivity contribution in [2.45, 2.75) is 11.9 Å². The van der Waals surface area contributed by atoms with Crippen LogP contribution in [0, 0.1) is 6.92 Å². The lowest BCUT2D eigenvalue weighted by molar-refractivity contribution is -0.395. The first-order valence-corrected chi connectivity index (χ1v) is 9.89. The van der Waals surface area contributed by atoms with Crippen molar-refractivity contribution >= 4 is 45.9 Å². The van der Waals surface area contributed by atoms with E-state index in [4.69, 9.17) is 21.1 Å². The molecule has 4 rings (SSSR count). The predicted octanol–water partition coefficient (Wildman–Crippen LogP) is 4.12. The number of carbonyl (C=O) groups is 1. The summed E-state index contributed by atoms with van der Waals surface area (Å²) in [6.07, 6.45) is 0. The molecule has 0 saturated carbocycles. The summed E-state index contributed by atoms with van der Waals surface area (Å²) in [6, 6.07) is 13.2. The molecule has 0 radical (unpaired) electrons. The van der Waals surface area contributed by atoms with Crippen LogP contribution in [0.5, 0.6) is 11.5 Å². The number of H-pyrrole nitrogens is 1. The van der Waals surface area contributed by atoms with Crippen LogP contribution in [0.1, 0.15) is 5.56 Å². The maximum Gasteiger partial charge on any atom is 0.239 e. The van der Waals surface area contributed by atoms with E-state index in [0.717, 1.165) is 21.5 Å². The smallest absolute Gasteiger partial charge is 0.239 e. The molecular weight excluding hydrogens is 384 g/mol. The van der Waals surface area contributed by atoms with Crippen molar-refractivity contribution in [3.05, 3.63) is 53.1 Å². The SMILES string of the molecule is Cc1cc(SCC(=O)Nc2ccc3c(c2)OCCO3)[nH+]c2ccc(Cl)cc12. The molecule has 27 heavy (non-hydrogen) atoms. The normalized spacial score (nSPS) is 12.8. The molecule has 1 aromatic heterocycles. The number of fused-ring (bicyclic) bond motifs is 2. The quantitative estimate of drug-likeness (QED) is 0.668. The van der Waals surface area contributed by atoms with Crippen molar-refractivity contribution < 1.29 is 19.3 Å². The van der Waals surface area contributed by atoms with Crippen LogP contribution in [0.4, 0.5) is 5.69 Å². The predicted molar refractivity (Wildman–Crippen MR) is 107 cm³/mol. The highest BCUT2D eigenvalue weighted by Gasteiger charge is 2.15. The van der Waals surface area contributed by atoms with E-state index in [1.54, 1.807) is 6.07 Å². The van der Waals surface area contributed by atoms with Gasteiger partial charge in [0.2, 0.25) is 16.4 Å². The van der Waals surface area contributed by atoms with Crippen molar-refractivity contribution in [2.24, 2.45) is 0 Å². The Balaban J connectivity index is 1.42. The van der Waals surface area contributed by atoms with Gasteiger partial charge < -0.3 is 14.8 Å². The summed E-state index contributed by atoms with van der Waals surface area (Å²) in [5, 5.41) is 5.61. The van der Waals surface area contributed by atoms with Gasteiger partial charge in [0.25, 0.3) is 0 Å². The number of ether oxygens (including phenoxy) is 2. The number of pyridine rings is 1. The number of anilines is 1. The molecule has 1 amide bonds. The van der Waals surface area contributed by atoms with E-state index in [2.05, 4.69) is 10.3 Å². The number of thioether (sulfide) groups is 1. The molecule has 0 fully saturated rings. The average molecular weight is 402 g/mol. The molecule has 0 unspecified atom stereocenters. The first-order valence-electron chi connectivity index (χ1n) is 8.53. The number of halogens is 1. The Bertz CT molecular complexity index is 1030. The third-order valence-electron chi connectivity index (χ3n) is 4.20. The van der Waals surface area contributed by atoms with Crippen LogP contribution in [0.15, 0.2) is 47.5 Å². The number of aryl methyl sites for hydroxylation is 1. The number of amides is 1. The number of nitrogens with one attached hydrogen (secondary N) is 2. The summed E-state index contributed by atoms with van der Waals surface area (Å²) in [4.78, 5) is 15.7. The molecule has 2 aromatic carbocycles. The molecular formula is C20H18ClN2O3S+. The van der Waals surface area contributed by atoms with Gasteiger partial charge in [-0.05, 0) is 48.5 Å². The number of hydrogen-bond acceptors (Lipinski definition) is 4. The number of aromatic amines is 1. The van der Waals surface area contributed by atoms with Crippen molar-refractivity contribution in [2.75, 3.05) is 24.3 Å². The lowest BCUT2D eigenvalue weighted by Crippen LogP contribution is -2.18. The number of rotatable bonds is 4. The zero-order valence-corrected chi connectivity index (χ0v) is 16.2. The molecule has 0 atom stereocenters. The van der Waals surface area contributed by atoms with Gasteiger partial charge in [-0.2, -0.15) is 4.98 Å². The molecule has 7 heteroatoms. The lowest BCUT2D eigenvalue weighted by Gasteiger charge is -2.18. The number of hydrogen-bond donors (Lipinski definition) is 1. The van der Waals surface area contributed by atoms with E-state index in [1.165, 1.54) is 11.8 Å². The molecule has 138 valence electrons. The molecule has 5 nitrogen and oxygen atoms in total. The highest BCUT2D eigenvalue weighted by atomic mass is 35.5. The Kier molecular flexibility index (Phi) is 5.09. The van der Waals surface area contributed by atoms with Gasteiger partial charge in [-0.3, -0.25) is 4.79 Å². The maximum atomic E-state index is 12.3. The van der Waals surface area contributed by atoms with Crippen LogP contribution in [-0.4, -0.2) is 24.9 Å².